The van der Waals surface area contributed by atoms with Gasteiger partial charge in [0.15, 0.2) is 5.78 Å². The molecule has 2 aromatic heterocycles. The molecule has 0 saturated carbocycles. The molecule has 2 aromatic rings. The number of aromatic nitrogens is 2. The first-order valence-corrected chi connectivity index (χ1v) is 7.49. The maximum atomic E-state index is 12.8. The van der Waals surface area contributed by atoms with Crippen molar-refractivity contribution in [2.75, 3.05) is 5.75 Å². The quantitative estimate of drug-likeness (QED) is 0.614. The Balaban J connectivity index is 2.49. The van der Waals surface area contributed by atoms with E-state index in [4.69, 9.17) is 0 Å². The van der Waals surface area contributed by atoms with Crippen molar-refractivity contribution in [2.45, 2.75) is 24.9 Å². The van der Waals surface area contributed by atoms with E-state index < -0.39 is 11.7 Å². The second-order valence-corrected chi connectivity index (χ2v) is 5.79. The van der Waals surface area contributed by atoms with Crippen molar-refractivity contribution in [1.82, 2.24) is 9.97 Å². The molecule has 0 unspecified atom stereocenters. The molecule has 0 atom stereocenters. The number of carbonyl (C=O) groups excluding carboxylic acids is 1. The van der Waals surface area contributed by atoms with E-state index >= 15 is 0 Å². The Hall–Kier alpha value is -1.89. The van der Waals surface area contributed by atoms with Crippen LogP contribution >= 0.6 is 11.8 Å². The third kappa shape index (κ3) is 3.65. The van der Waals surface area contributed by atoms with Crippen molar-refractivity contribution in [2.24, 2.45) is 0 Å². The molecule has 0 bridgehead atoms. The molecule has 0 amide bonds. The Kier molecular flexibility index (Phi) is 4.85. The van der Waals surface area contributed by atoms with Crippen LogP contribution in [-0.2, 0) is 6.18 Å². The van der Waals surface area contributed by atoms with Gasteiger partial charge in [-0.3, -0.25) is 14.8 Å². The van der Waals surface area contributed by atoms with E-state index in [1.807, 2.05) is 6.92 Å². The number of ketones is 1. The van der Waals surface area contributed by atoms with Crippen molar-refractivity contribution < 1.29 is 18.0 Å². The van der Waals surface area contributed by atoms with Gasteiger partial charge in [-0.1, -0.05) is 6.92 Å². The predicted molar refractivity (Wildman–Crippen MR) is 78.9 cm³/mol. The Morgan fingerprint density at radius 1 is 1.27 bits per heavy atom. The number of pyridine rings is 2. The number of rotatable bonds is 4. The summed E-state index contributed by atoms with van der Waals surface area (Å²) >= 11 is 1.42. The van der Waals surface area contributed by atoms with Crippen LogP contribution in [0.25, 0.3) is 11.3 Å². The third-order valence-corrected chi connectivity index (χ3v) is 3.78. The maximum absolute atomic E-state index is 12.8. The van der Waals surface area contributed by atoms with Crippen LogP contribution in [-0.4, -0.2) is 21.5 Å². The molecule has 116 valence electrons. The minimum Gasteiger partial charge on any atom is -0.293 e. The van der Waals surface area contributed by atoms with Gasteiger partial charge in [0.05, 0.1) is 11.3 Å². The molecule has 0 aromatic carbocycles. The number of Topliss-reactive ketones (excluding diaryl/α,β-unsaturated/α-hetero) is 1. The zero-order chi connectivity index (χ0) is 16.3. The van der Waals surface area contributed by atoms with Gasteiger partial charge in [-0.15, -0.1) is 11.8 Å². The van der Waals surface area contributed by atoms with E-state index in [0.717, 1.165) is 24.1 Å². The van der Waals surface area contributed by atoms with Gasteiger partial charge in [0.2, 0.25) is 0 Å². The molecule has 0 fully saturated rings. The van der Waals surface area contributed by atoms with Crippen LogP contribution in [0.15, 0.2) is 35.5 Å². The summed E-state index contributed by atoms with van der Waals surface area (Å²) in [5.41, 5.74) is 0.183. The van der Waals surface area contributed by atoms with Gasteiger partial charge in [-0.2, -0.15) is 13.2 Å². The standard InChI is InChI=1S/C15H13F3N2OS/c1-3-22-13-6-10(8-20-14(13)9(2)21)12-7-11(4-5-19-12)15(16,17)18/h4-8H,3H2,1-2H3. The summed E-state index contributed by atoms with van der Waals surface area (Å²) in [5, 5.41) is 0. The van der Waals surface area contributed by atoms with E-state index in [1.165, 1.54) is 24.9 Å². The Bertz CT molecular complexity index is 701. The molecule has 2 rings (SSSR count). The first-order chi connectivity index (χ1) is 10.3. The van der Waals surface area contributed by atoms with Crippen LogP contribution in [0.2, 0.25) is 0 Å². The van der Waals surface area contributed by atoms with E-state index in [2.05, 4.69) is 9.97 Å². The monoisotopic (exact) mass is 326 g/mol. The minimum absolute atomic E-state index is 0.176. The average Bonchev–Trinajstić information content (AvgIpc) is 2.46. The van der Waals surface area contributed by atoms with Crippen molar-refractivity contribution in [3.05, 3.63) is 41.9 Å². The fourth-order valence-electron chi connectivity index (χ4n) is 1.88. The number of hydrogen-bond acceptors (Lipinski definition) is 4. The second-order valence-electron chi connectivity index (χ2n) is 4.49. The first-order valence-electron chi connectivity index (χ1n) is 6.50. The molecule has 0 aliphatic rings. The molecular weight excluding hydrogens is 313 g/mol. The molecular formula is C15H13F3N2OS. The summed E-state index contributed by atoms with van der Waals surface area (Å²) < 4.78 is 38.3. The fraction of sp³-hybridized carbons (Fsp3) is 0.267. The number of hydrogen-bond donors (Lipinski definition) is 0. The summed E-state index contributed by atoms with van der Waals surface area (Å²) in [6.07, 6.45) is -1.94. The fourth-order valence-corrected chi connectivity index (χ4v) is 2.73. The van der Waals surface area contributed by atoms with Gasteiger partial charge in [-0.25, -0.2) is 0 Å². The summed E-state index contributed by atoms with van der Waals surface area (Å²) in [5.74, 6) is 0.543. The third-order valence-electron chi connectivity index (χ3n) is 2.87. The van der Waals surface area contributed by atoms with Crippen molar-refractivity contribution >= 4 is 17.5 Å². The lowest BCUT2D eigenvalue weighted by atomic mass is 10.1. The molecule has 2 heterocycles. The number of thioether (sulfide) groups is 1. The summed E-state index contributed by atoms with van der Waals surface area (Å²) in [7, 11) is 0. The zero-order valence-corrected chi connectivity index (χ0v) is 12.8. The van der Waals surface area contributed by atoms with Gasteiger partial charge in [0.1, 0.15) is 5.69 Å². The Labute approximate surface area is 130 Å². The predicted octanol–water partition coefficient (Wildman–Crippen LogP) is 4.48. The smallest absolute Gasteiger partial charge is 0.293 e. The lowest BCUT2D eigenvalue weighted by molar-refractivity contribution is -0.137. The van der Waals surface area contributed by atoms with E-state index in [1.54, 1.807) is 6.07 Å². The molecule has 0 aliphatic heterocycles. The molecule has 0 aliphatic carbocycles. The summed E-state index contributed by atoms with van der Waals surface area (Å²) in [6.45, 7) is 3.33. The number of nitrogens with zero attached hydrogens (tertiary/aromatic N) is 2. The van der Waals surface area contributed by atoms with Crippen molar-refractivity contribution in [1.29, 1.82) is 0 Å². The highest BCUT2D eigenvalue weighted by molar-refractivity contribution is 7.99. The van der Waals surface area contributed by atoms with Crippen molar-refractivity contribution in [3.63, 3.8) is 0 Å². The number of alkyl halides is 3. The highest BCUT2D eigenvalue weighted by atomic mass is 32.2. The lowest BCUT2D eigenvalue weighted by Gasteiger charge is -2.10. The van der Waals surface area contributed by atoms with Crippen molar-refractivity contribution in [3.8, 4) is 11.3 Å². The van der Waals surface area contributed by atoms with Gasteiger partial charge in [-0.05, 0) is 24.0 Å². The highest BCUT2D eigenvalue weighted by Crippen LogP contribution is 2.32. The molecule has 0 saturated heterocycles. The molecule has 7 heteroatoms. The topological polar surface area (TPSA) is 42.9 Å². The van der Waals surface area contributed by atoms with Crippen LogP contribution in [0.4, 0.5) is 13.2 Å². The molecule has 0 spiro atoms. The molecule has 0 radical (unpaired) electrons. The van der Waals surface area contributed by atoms with E-state index in [-0.39, 0.29) is 11.5 Å². The maximum Gasteiger partial charge on any atom is 0.416 e. The van der Waals surface area contributed by atoms with Gasteiger partial charge >= 0.3 is 6.18 Å². The SMILES string of the molecule is CCSc1cc(-c2cc(C(F)(F)F)ccn2)cnc1C(C)=O. The lowest BCUT2D eigenvalue weighted by Crippen LogP contribution is -2.05. The minimum atomic E-state index is -4.43. The number of carbonyl (C=O) groups is 1. The second kappa shape index (κ2) is 6.48. The van der Waals surface area contributed by atoms with Crippen LogP contribution in [0.1, 0.15) is 29.9 Å². The summed E-state index contributed by atoms with van der Waals surface area (Å²) in [6, 6.07) is 3.55. The zero-order valence-electron chi connectivity index (χ0n) is 11.9. The Morgan fingerprint density at radius 3 is 2.59 bits per heavy atom. The van der Waals surface area contributed by atoms with Gasteiger partial charge < -0.3 is 0 Å². The number of halogens is 3. The first kappa shape index (κ1) is 16.5. The van der Waals surface area contributed by atoms with Crippen LogP contribution in [0.3, 0.4) is 0 Å². The van der Waals surface area contributed by atoms with Crippen LogP contribution in [0, 0.1) is 0 Å². The molecule has 22 heavy (non-hydrogen) atoms. The van der Waals surface area contributed by atoms with Gasteiger partial charge in [0.25, 0.3) is 0 Å². The Morgan fingerprint density at radius 2 is 2.00 bits per heavy atom. The van der Waals surface area contributed by atoms with E-state index in [0.29, 0.717) is 16.2 Å². The summed E-state index contributed by atoms with van der Waals surface area (Å²) in [4.78, 5) is 20.2. The average molecular weight is 326 g/mol. The van der Waals surface area contributed by atoms with Gasteiger partial charge in [0, 0.05) is 29.8 Å². The van der Waals surface area contributed by atoms with Crippen LogP contribution < -0.4 is 0 Å². The van der Waals surface area contributed by atoms with Crippen LogP contribution in [0.5, 0.6) is 0 Å². The molecule has 3 nitrogen and oxygen atoms in total. The highest BCUT2D eigenvalue weighted by Gasteiger charge is 2.30. The molecule has 0 N–H and O–H groups in total. The normalized spacial score (nSPS) is 11.5. The largest absolute Gasteiger partial charge is 0.416 e. The van der Waals surface area contributed by atoms with E-state index in [9.17, 15) is 18.0 Å².